The molecule has 158 valence electrons. The van der Waals surface area contributed by atoms with Gasteiger partial charge in [-0.05, 0) is 18.1 Å². The van der Waals surface area contributed by atoms with Crippen LogP contribution in [0.4, 0.5) is 24.5 Å². The van der Waals surface area contributed by atoms with E-state index in [2.05, 4.69) is 0 Å². The van der Waals surface area contributed by atoms with E-state index >= 15 is 0 Å². The number of nitrogens with zero attached hydrogens (tertiary/aromatic N) is 3. The van der Waals surface area contributed by atoms with Crippen molar-refractivity contribution in [1.82, 2.24) is 4.90 Å². The summed E-state index contributed by atoms with van der Waals surface area (Å²) in [7, 11) is 0. The first kappa shape index (κ1) is 24.0. The highest BCUT2D eigenvalue weighted by molar-refractivity contribution is 5.85. The molecule has 0 aliphatic carbocycles. The Kier molecular flexibility index (Phi) is 8.06. The summed E-state index contributed by atoms with van der Waals surface area (Å²) in [5, 5.41) is 11.2. The lowest BCUT2D eigenvalue weighted by Crippen LogP contribution is -2.54. The predicted octanol–water partition coefficient (Wildman–Crippen LogP) is 3.06. The van der Waals surface area contributed by atoms with Crippen molar-refractivity contribution in [3.8, 4) is 0 Å². The number of halogens is 4. The van der Waals surface area contributed by atoms with E-state index in [4.69, 9.17) is 5.73 Å². The third-order valence-corrected chi connectivity index (χ3v) is 4.97. The van der Waals surface area contributed by atoms with Crippen LogP contribution < -0.4 is 10.6 Å². The molecule has 1 aromatic carbocycles. The maximum Gasteiger partial charge on any atom is 0.416 e. The highest BCUT2D eigenvalue weighted by Gasteiger charge is 2.35. The highest BCUT2D eigenvalue weighted by Crippen LogP contribution is 2.36. The number of alkyl halides is 3. The van der Waals surface area contributed by atoms with Crippen LogP contribution in [0.2, 0.25) is 0 Å². The Bertz CT molecular complexity index is 709. The largest absolute Gasteiger partial charge is 0.416 e. The molecule has 1 fully saturated rings. The molecule has 2 rings (SSSR count). The zero-order valence-corrected chi connectivity index (χ0v) is 16.4. The summed E-state index contributed by atoms with van der Waals surface area (Å²) in [6.07, 6.45) is -3.88. The van der Waals surface area contributed by atoms with Gasteiger partial charge in [0.1, 0.15) is 5.69 Å². The third-order valence-electron chi connectivity index (χ3n) is 4.97. The van der Waals surface area contributed by atoms with E-state index in [0.29, 0.717) is 19.2 Å². The SMILES string of the molecule is CCC(C)C(N)C(=O)N1CCN(c2ccc(C(F)(F)F)cc2[N+](=O)[O-])CC1.Cl. The summed E-state index contributed by atoms with van der Waals surface area (Å²) in [6.45, 7) is 5.02. The van der Waals surface area contributed by atoms with E-state index in [9.17, 15) is 28.1 Å². The van der Waals surface area contributed by atoms with Crippen LogP contribution in [0, 0.1) is 16.0 Å². The number of rotatable bonds is 5. The van der Waals surface area contributed by atoms with E-state index in [1.54, 1.807) is 9.80 Å². The van der Waals surface area contributed by atoms with E-state index < -0.39 is 28.4 Å². The van der Waals surface area contributed by atoms with Gasteiger partial charge in [0.2, 0.25) is 5.91 Å². The molecule has 1 aliphatic heterocycles. The Morgan fingerprint density at radius 3 is 2.32 bits per heavy atom. The molecule has 1 heterocycles. The van der Waals surface area contributed by atoms with Crippen molar-refractivity contribution in [3.63, 3.8) is 0 Å². The average molecular weight is 425 g/mol. The zero-order valence-electron chi connectivity index (χ0n) is 15.6. The van der Waals surface area contributed by atoms with Crippen molar-refractivity contribution >= 4 is 29.7 Å². The Balaban J connectivity index is 0.00000392. The monoisotopic (exact) mass is 424 g/mol. The van der Waals surface area contributed by atoms with Gasteiger partial charge in [0.15, 0.2) is 0 Å². The fourth-order valence-electron chi connectivity index (χ4n) is 2.99. The van der Waals surface area contributed by atoms with Crippen molar-refractivity contribution in [1.29, 1.82) is 0 Å². The number of benzene rings is 1. The smallest absolute Gasteiger partial charge is 0.362 e. The van der Waals surface area contributed by atoms with Crippen LogP contribution in [0.5, 0.6) is 0 Å². The minimum atomic E-state index is -4.65. The first-order chi connectivity index (χ1) is 12.6. The van der Waals surface area contributed by atoms with Crippen molar-refractivity contribution in [2.45, 2.75) is 32.5 Å². The summed E-state index contributed by atoms with van der Waals surface area (Å²) in [6, 6.07) is 1.88. The van der Waals surface area contributed by atoms with E-state index in [-0.39, 0.29) is 43.0 Å². The molecule has 0 aromatic heterocycles. The van der Waals surface area contributed by atoms with Gasteiger partial charge in [0.05, 0.1) is 16.5 Å². The summed E-state index contributed by atoms with van der Waals surface area (Å²) in [4.78, 5) is 26.1. The number of carbonyl (C=O) groups excluding carboxylic acids is 1. The van der Waals surface area contributed by atoms with Crippen LogP contribution in [0.1, 0.15) is 25.8 Å². The summed E-state index contributed by atoms with van der Waals surface area (Å²) < 4.78 is 38.5. The number of hydrogen-bond donors (Lipinski definition) is 1. The van der Waals surface area contributed by atoms with E-state index in [1.165, 1.54) is 0 Å². The van der Waals surface area contributed by atoms with Crippen LogP contribution in [0.25, 0.3) is 0 Å². The Labute approximate surface area is 167 Å². The first-order valence-corrected chi connectivity index (χ1v) is 8.71. The van der Waals surface area contributed by atoms with Gasteiger partial charge < -0.3 is 15.5 Å². The number of hydrogen-bond acceptors (Lipinski definition) is 5. The number of amides is 1. The normalized spacial score (nSPS) is 16.9. The summed E-state index contributed by atoms with van der Waals surface area (Å²) >= 11 is 0. The minimum Gasteiger partial charge on any atom is -0.362 e. The maximum atomic E-state index is 12.8. The molecule has 0 bridgehead atoms. The van der Waals surface area contributed by atoms with Gasteiger partial charge in [-0.2, -0.15) is 13.2 Å². The number of piperazine rings is 1. The van der Waals surface area contributed by atoms with Crippen LogP contribution in [0.15, 0.2) is 18.2 Å². The van der Waals surface area contributed by atoms with Gasteiger partial charge in [-0.3, -0.25) is 14.9 Å². The fraction of sp³-hybridized carbons (Fsp3) is 0.588. The number of nitro benzene ring substituents is 1. The second-order valence-electron chi connectivity index (χ2n) is 6.68. The first-order valence-electron chi connectivity index (χ1n) is 8.71. The number of nitrogens with two attached hydrogens (primary N) is 1. The van der Waals surface area contributed by atoms with Gasteiger partial charge >= 0.3 is 6.18 Å². The van der Waals surface area contributed by atoms with E-state index in [0.717, 1.165) is 18.6 Å². The second kappa shape index (κ2) is 9.42. The molecule has 2 atom stereocenters. The Morgan fingerprint density at radius 1 is 1.29 bits per heavy atom. The molecule has 0 radical (unpaired) electrons. The Hall–Kier alpha value is -2.07. The number of anilines is 1. The molecular weight excluding hydrogens is 401 g/mol. The second-order valence-corrected chi connectivity index (χ2v) is 6.68. The topological polar surface area (TPSA) is 92.7 Å². The quantitative estimate of drug-likeness (QED) is 0.579. The van der Waals surface area contributed by atoms with Crippen molar-refractivity contribution in [3.05, 3.63) is 33.9 Å². The third kappa shape index (κ3) is 5.26. The van der Waals surface area contributed by atoms with Crippen LogP contribution in [-0.4, -0.2) is 48.0 Å². The van der Waals surface area contributed by atoms with Gasteiger partial charge in [-0.15, -0.1) is 12.4 Å². The van der Waals surface area contributed by atoms with Crippen LogP contribution in [-0.2, 0) is 11.0 Å². The lowest BCUT2D eigenvalue weighted by atomic mass is 9.98. The molecule has 1 aliphatic rings. The van der Waals surface area contributed by atoms with Crippen LogP contribution in [0.3, 0.4) is 0 Å². The van der Waals surface area contributed by atoms with Crippen LogP contribution >= 0.6 is 12.4 Å². The zero-order chi connectivity index (χ0) is 20.4. The van der Waals surface area contributed by atoms with Gasteiger partial charge in [0, 0.05) is 32.2 Å². The molecule has 1 saturated heterocycles. The Morgan fingerprint density at radius 2 is 1.86 bits per heavy atom. The lowest BCUT2D eigenvalue weighted by Gasteiger charge is -2.37. The summed E-state index contributed by atoms with van der Waals surface area (Å²) in [5.41, 5.74) is 4.43. The average Bonchev–Trinajstić information content (AvgIpc) is 2.65. The number of carbonyl (C=O) groups is 1. The standard InChI is InChI=1S/C17H23F3N4O3.ClH/c1-3-11(2)15(21)16(25)23-8-6-22(7-9-23)13-5-4-12(17(18,19)20)10-14(13)24(26)27;/h4-5,10-11,15H,3,6-9,21H2,1-2H3;1H. The molecule has 28 heavy (non-hydrogen) atoms. The molecule has 11 heteroatoms. The molecule has 7 nitrogen and oxygen atoms in total. The van der Waals surface area contributed by atoms with E-state index in [1.807, 2.05) is 13.8 Å². The molecule has 0 spiro atoms. The maximum absolute atomic E-state index is 12.8. The molecule has 2 N–H and O–H groups in total. The predicted molar refractivity (Wildman–Crippen MR) is 102 cm³/mol. The van der Waals surface area contributed by atoms with Gasteiger partial charge in [-0.25, -0.2) is 0 Å². The molecule has 1 aromatic rings. The molecule has 0 saturated carbocycles. The number of nitro groups is 1. The molecular formula is C17H24ClF3N4O3. The van der Waals surface area contributed by atoms with Gasteiger partial charge in [0.25, 0.3) is 5.69 Å². The van der Waals surface area contributed by atoms with Gasteiger partial charge in [-0.1, -0.05) is 20.3 Å². The van der Waals surface area contributed by atoms with Crippen molar-refractivity contribution in [2.75, 3.05) is 31.1 Å². The van der Waals surface area contributed by atoms with Crippen molar-refractivity contribution in [2.24, 2.45) is 11.7 Å². The molecule has 1 amide bonds. The highest BCUT2D eigenvalue weighted by atomic mass is 35.5. The lowest BCUT2D eigenvalue weighted by molar-refractivity contribution is -0.384. The minimum absolute atomic E-state index is 0. The summed E-state index contributed by atoms with van der Waals surface area (Å²) in [5.74, 6) is -0.141. The van der Waals surface area contributed by atoms with Crippen molar-refractivity contribution < 1.29 is 22.9 Å². The fourth-order valence-corrected chi connectivity index (χ4v) is 2.99. The molecule has 2 unspecified atom stereocenters.